The van der Waals surface area contributed by atoms with Crippen LogP contribution in [-0.4, -0.2) is 30.0 Å². The molecule has 1 aromatic heterocycles. The summed E-state index contributed by atoms with van der Waals surface area (Å²) in [5.74, 6) is 0.883. The topological polar surface area (TPSA) is 52.0 Å². The van der Waals surface area contributed by atoms with Crippen LogP contribution in [-0.2, 0) is 6.54 Å². The molecule has 0 atom stereocenters. The zero-order chi connectivity index (χ0) is 11.8. The molecule has 0 aliphatic rings. The van der Waals surface area contributed by atoms with Gasteiger partial charge in [0.1, 0.15) is 5.82 Å². The molecule has 1 rings (SSSR count). The largest absolute Gasteiger partial charge is 0.373 e. The van der Waals surface area contributed by atoms with E-state index in [4.69, 9.17) is 5.26 Å². The highest BCUT2D eigenvalue weighted by Crippen LogP contribution is 2.09. The van der Waals surface area contributed by atoms with Crippen molar-refractivity contribution in [3.63, 3.8) is 0 Å². The van der Waals surface area contributed by atoms with Crippen LogP contribution < -0.4 is 5.32 Å². The van der Waals surface area contributed by atoms with E-state index in [1.807, 2.05) is 19.2 Å². The van der Waals surface area contributed by atoms with Crippen molar-refractivity contribution in [3.8, 4) is 6.07 Å². The Morgan fingerprint density at radius 3 is 3.00 bits per heavy atom. The van der Waals surface area contributed by atoms with Crippen LogP contribution in [0.4, 0.5) is 5.82 Å². The first-order valence-corrected chi connectivity index (χ1v) is 5.52. The Morgan fingerprint density at radius 2 is 2.38 bits per heavy atom. The zero-order valence-electron chi connectivity index (χ0n) is 9.90. The molecule has 0 saturated carbocycles. The second kappa shape index (κ2) is 6.81. The highest BCUT2D eigenvalue weighted by Gasteiger charge is 2.03. The van der Waals surface area contributed by atoms with Gasteiger partial charge in [0.05, 0.1) is 6.07 Å². The van der Waals surface area contributed by atoms with E-state index in [9.17, 15) is 0 Å². The molecular weight excluding hydrogens is 200 g/mol. The van der Waals surface area contributed by atoms with Gasteiger partial charge >= 0.3 is 0 Å². The molecule has 0 aliphatic carbocycles. The maximum Gasteiger partial charge on any atom is 0.125 e. The van der Waals surface area contributed by atoms with Gasteiger partial charge in [0, 0.05) is 32.8 Å². The van der Waals surface area contributed by atoms with Crippen molar-refractivity contribution >= 4 is 5.82 Å². The van der Waals surface area contributed by atoms with E-state index in [1.54, 1.807) is 6.20 Å². The standard InChI is InChI=1S/C12H18N4/c1-3-16(8-4-6-13)10-11-5-7-15-12(9-11)14-2/h5,7,9H,3-4,8,10H2,1-2H3,(H,14,15). The SMILES string of the molecule is CCN(CCC#N)Cc1ccnc(NC)c1. The lowest BCUT2D eigenvalue weighted by Gasteiger charge is -2.19. The highest BCUT2D eigenvalue weighted by atomic mass is 15.1. The van der Waals surface area contributed by atoms with Crippen LogP contribution in [0.1, 0.15) is 18.9 Å². The molecule has 4 nitrogen and oxygen atoms in total. The first-order chi connectivity index (χ1) is 7.80. The number of nitrogens with zero attached hydrogens (tertiary/aromatic N) is 3. The first kappa shape index (κ1) is 12.5. The Hall–Kier alpha value is -1.60. The van der Waals surface area contributed by atoms with Crippen molar-refractivity contribution in [1.29, 1.82) is 5.26 Å². The van der Waals surface area contributed by atoms with Gasteiger partial charge in [-0.2, -0.15) is 5.26 Å². The molecule has 86 valence electrons. The molecule has 1 heterocycles. The summed E-state index contributed by atoms with van der Waals surface area (Å²) in [5, 5.41) is 11.6. The molecule has 0 radical (unpaired) electrons. The Labute approximate surface area is 96.9 Å². The summed E-state index contributed by atoms with van der Waals surface area (Å²) >= 11 is 0. The Kier molecular flexibility index (Phi) is 5.30. The summed E-state index contributed by atoms with van der Waals surface area (Å²) in [6.45, 7) is 4.76. The number of anilines is 1. The molecule has 16 heavy (non-hydrogen) atoms. The van der Waals surface area contributed by atoms with Crippen molar-refractivity contribution in [2.75, 3.05) is 25.5 Å². The molecule has 0 bridgehead atoms. The van der Waals surface area contributed by atoms with Crippen molar-refractivity contribution < 1.29 is 0 Å². The minimum absolute atomic E-state index is 0.581. The smallest absolute Gasteiger partial charge is 0.125 e. The first-order valence-electron chi connectivity index (χ1n) is 5.52. The minimum atomic E-state index is 0.581. The number of hydrogen-bond donors (Lipinski definition) is 1. The molecular formula is C12H18N4. The fourth-order valence-corrected chi connectivity index (χ4v) is 1.52. The van der Waals surface area contributed by atoms with Gasteiger partial charge < -0.3 is 5.32 Å². The maximum atomic E-state index is 8.56. The molecule has 0 amide bonds. The average molecular weight is 218 g/mol. The molecule has 1 aromatic rings. The second-order valence-electron chi connectivity index (χ2n) is 3.58. The van der Waals surface area contributed by atoms with Crippen LogP contribution >= 0.6 is 0 Å². The van der Waals surface area contributed by atoms with Crippen molar-refractivity contribution in [3.05, 3.63) is 23.9 Å². The lowest BCUT2D eigenvalue weighted by atomic mass is 10.2. The van der Waals surface area contributed by atoms with Crippen molar-refractivity contribution in [2.45, 2.75) is 19.9 Å². The van der Waals surface area contributed by atoms with E-state index in [0.29, 0.717) is 6.42 Å². The third-order valence-electron chi connectivity index (χ3n) is 2.47. The van der Waals surface area contributed by atoms with E-state index < -0.39 is 0 Å². The molecule has 1 N–H and O–H groups in total. The van der Waals surface area contributed by atoms with Gasteiger partial charge in [0.15, 0.2) is 0 Å². The van der Waals surface area contributed by atoms with E-state index in [0.717, 1.165) is 25.5 Å². The molecule has 0 aromatic carbocycles. The average Bonchev–Trinajstić information content (AvgIpc) is 2.34. The lowest BCUT2D eigenvalue weighted by Crippen LogP contribution is -2.23. The van der Waals surface area contributed by atoms with Crippen LogP contribution in [0.15, 0.2) is 18.3 Å². The van der Waals surface area contributed by atoms with Crippen LogP contribution in [0, 0.1) is 11.3 Å². The molecule has 0 unspecified atom stereocenters. The second-order valence-corrected chi connectivity index (χ2v) is 3.58. The summed E-state index contributed by atoms with van der Waals surface area (Å²) in [6.07, 6.45) is 2.39. The van der Waals surface area contributed by atoms with Gasteiger partial charge in [-0.1, -0.05) is 6.92 Å². The summed E-state index contributed by atoms with van der Waals surface area (Å²) in [6, 6.07) is 6.22. The summed E-state index contributed by atoms with van der Waals surface area (Å²) < 4.78 is 0. The Bertz CT molecular complexity index is 356. The van der Waals surface area contributed by atoms with E-state index in [-0.39, 0.29) is 0 Å². The van der Waals surface area contributed by atoms with E-state index >= 15 is 0 Å². The number of rotatable bonds is 6. The molecule has 0 saturated heterocycles. The highest BCUT2D eigenvalue weighted by molar-refractivity contribution is 5.36. The van der Waals surface area contributed by atoms with E-state index in [1.165, 1.54) is 5.56 Å². The predicted octanol–water partition coefficient (Wildman–Crippen LogP) is 1.86. The third kappa shape index (κ3) is 3.87. The number of nitrogens with one attached hydrogen (secondary N) is 1. The van der Waals surface area contributed by atoms with Crippen LogP contribution in [0.2, 0.25) is 0 Å². The van der Waals surface area contributed by atoms with Gasteiger partial charge in [-0.3, -0.25) is 4.90 Å². The zero-order valence-corrected chi connectivity index (χ0v) is 9.90. The van der Waals surface area contributed by atoms with Crippen molar-refractivity contribution in [2.24, 2.45) is 0 Å². The van der Waals surface area contributed by atoms with Gasteiger partial charge in [-0.25, -0.2) is 4.98 Å². The van der Waals surface area contributed by atoms with Gasteiger partial charge in [-0.15, -0.1) is 0 Å². The third-order valence-corrected chi connectivity index (χ3v) is 2.47. The molecule has 0 spiro atoms. The molecule has 0 fully saturated rings. The van der Waals surface area contributed by atoms with E-state index in [2.05, 4.69) is 28.2 Å². The predicted molar refractivity (Wildman–Crippen MR) is 65.0 cm³/mol. The quantitative estimate of drug-likeness (QED) is 0.791. The molecule has 4 heteroatoms. The molecule has 0 aliphatic heterocycles. The number of aromatic nitrogens is 1. The number of pyridine rings is 1. The van der Waals surface area contributed by atoms with Gasteiger partial charge in [0.2, 0.25) is 0 Å². The summed E-state index contributed by atoms with van der Waals surface area (Å²) in [7, 11) is 1.86. The lowest BCUT2D eigenvalue weighted by molar-refractivity contribution is 0.286. The monoisotopic (exact) mass is 218 g/mol. The minimum Gasteiger partial charge on any atom is -0.373 e. The summed E-state index contributed by atoms with van der Waals surface area (Å²) in [4.78, 5) is 6.42. The number of nitriles is 1. The Morgan fingerprint density at radius 1 is 1.56 bits per heavy atom. The van der Waals surface area contributed by atoms with Gasteiger partial charge in [0.25, 0.3) is 0 Å². The fraction of sp³-hybridized carbons (Fsp3) is 0.500. The fourth-order valence-electron chi connectivity index (χ4n) is 1.52. The van der Waals surface area contributed by atoms with Crippen LogP contribution in [0.5, 0.6) is 0 Å². The van der Waals surface area contributed by atoms with Crippen LogP contribution in [0.3, 0.4) is 0 Å². The Balaban J connectivity index is 2.59. The van der Waals surface area contributed by atoms with Gasteiger partial charge in [-0.05, 0) is 24.2 Å². The maximum absolute atomic E-state index is 8.56. The summed E-state index contributed by atoms with van der Waals surface area (Å²) in [5.41, 5.74) is 1.22. The normalized spacial score (nSPS) is 10.1. The number of hydrogen-bond acceptors (Lipinski definition) is 4. The van der Waals surface area contributed by atoms with Crippen LogP contribution in [0.25, 0.3) is 0 Å². The van der Waals surface area contributed by atoms with Crippen molar-refractivity contribution in [1.82, 2.24) is 9.88 Å².